The molecule has 0 amide bonds. The third-order valence-corrected chi connectivity index (χ3v) is 1.69. The van der Waals surface area contributed by atoms with Gasteiger partial charge in [0, 0.05) is 0 Å². The summed E-state index contributed by atoms with van der Waals surface area (Å²) in [5.74, 6) is -0.144. The maximum atomic E-state index is 12.5. The summed E-state index contributed by atoms with van der Waals surface area (Å²) in [6, 6.07) is 4.91. The molecule has 1 aromatic rings. The lowest BCUT2D eigenvalue weighted by Crippen LogP contribution is -1.86. The van der Waals surface area contributed by atoms with Gasteiger partial charge in [-0.05, 0) is 36.6 Å². The summed E-state index contributed by atoms with van der Waals surface area (Å²) < 4.78 is 12.5. The minimum Gasteiger partial charge on any atom is -0.207 e. The summed E-state index contributed by atoms with van der Waals surface area (Å²) in [5, 5.41) is 0. The van der Waals surface area contributed by atoms with Crippen LogP contribution in [0.1, 0.15) is 45.7 Å². The zero-order valence-electron chi connectivity index (χ0n) is 10.3. The van der Waals surface area contributed by atoms with Gasteiger partial charge in [0.05, 0.1) is 0 Å². The molecule has 0 aliphatic heterocycles. The van der Waals surface area contributed by atoms with Crippen LogP contribution in [0.25, 0.3) is 0 Å². The molecular weight excluding hydrogens is 175 g/mol. The highest BCUT2D eigenvalue weighted by Gasteiger charge is 1.95. The molecule has 0 heterocycles. The average molecular weight is 198 g/mol. The van der Waals surface area contributed by atoms with Crippen LogP contribution in [-0.2, 0) is 6.42 Å². The normalized spacial score (nSPS) is 7.93. The van der Waals surface area contributed by atoms with Gasteiger partial charge in [0.25, 0.3) is 0 Å². The molecule has 0 nitrogen and oxygen atoms in total. The topological polar surface area (TPSA) is 0 Å². The van der Waals surface area contributed by atoms with Crippen LogP contribution in [0.5, 0.6) is 0 Å². The number of hydrogen-bond donors (Lipinski definition) is 0. The van der Waals surface area contributed by atoms with Gasteiger partial charge in [0.15, 0.2) is 0 Å². The van der Waals surface area contributed by atoms with Crippen LogP contribution in [0.15, 0.2) is 18.2 Å². The largest absolute Gasteiger partial charge is 0.207 e. The van der Waals surface area contributed by atoms with Gasteiger partial charge in [-0.25, -0.2) is 4.39 Å². The molecule has 14 heavy (non-hydrogen) atoms. The minimum absolute atomic E-state index is 0.144. The first-order chi connectivity index (χ1) is 6.74. The predicted octanol–water partition coefficient (Wildman–Crippen LogP) is 4.75. The predicted molar refractivity (Wildman–Crippen MR) is 63.2 cm³/mol. The van der Waals surface area contributed by atoms with Crippen molar-refractivity contribution in [2.75, 3.05) is 0 Å². The van der Waals surface area contributed by atoms with E-state index < -0.39 is 0 Å². The molecule has 82 valence electrons. The van der Waals surface area contributed by atoms with Gasteiger partial charge in [-0.1, -0.05) is 40.7 Å². The Bertz CT molecular complexity index is 229. The van der Waals surface area contributed by atoms with E-state index in [1.165, 1.54) is 11.6 Å². The molecular formula is C13H23F. The molecule has 0 unspecified atom stereocenters. The van der Waals surface area contributed by atoms with Crippen molar-refractivity contribution in [1.29, 1.82) is 0 Å². The first kappa shape index (κ1) is 15.6. The molecule has 0 saturated heterocycles. The van der Waals surface area contributed by atoms with E-state index in [9.17, 15) is 4.39 Å². The summed E-state index contributed by atoms with van der Waals surface area (Å²) in [6.45, 7) is 12.0. The number of rotatable bonds is 1. The van der Waals surface area contributed by atoms with Crippen molar-refractivity contribution in [3.05, 3.63) is 35.1 Å². The van der Waals surface area contributed by atoms with Crippen LogP contribution in [0.3, 0.4) is 0 Å². The first-order valence-corrected chi connectivity index (χ1v) is 5.49. The van der Waals surface area contributed by atoms with Gasteiger partial charge in [0.1, 0.15) is 5.82 Å². The highest BCUT2D eigenvalue weighted by molar-refractivity contribution is 5.26. The second-order valence-corrected chi connectivity index (χ2v) is 2.42. The standard InChI is InChI=1S/C9H11F.2C2H6/c1-3-8-4-5-9(10)6-7(8)2;2*1-2/h4-6H,3H2,1-2H3;2*1-2H3. The van der Waals surface area contributed by atoms with Gasteiger partial charge in [-0.3, -0.25) is 0 Å². The van der Waals surface area contributed by atoms with E-state index in [2.05, 4.69) is 6.92 Å². The van der Waals surface area contributed by atoms with E-state index in [4.69, 9.17) is 0 Å². The van der Waals surface area contributed by atoms with Crippen LogP contribution in [0, 0.1) is 12.7 Å². The SMILES string of the molecule is CC.CC.CCc1ccc(F)cc1C. The molecule has 0 saturated carbocycles. The Morgan fingerprint density at radius 2 is 1.57 bits per heavy atom. The van der Waals surface area contributed by atoms with Gasteiger partial charge in [-0.15, -0.1) is 0 Å². The molecule has 0 fully saturated rings. The highest BCUT2D eigenvalue weighted by Crippen LogP contribution is 2.09. The minimum atomic E-state index is -0.144. The molecule has 0 N–H and O–H groups in total. The van der Waals surface area contributed by atoms with Crippen molar-refractivity contribution in [3.63, 3.8) is 0 Å². The number of benzene rings is 1. The lowest BCUT2D eigenvalue weighted by Gasteiger charge is -2.00. The molecule has 0 aliphatic rings. The van der Waals surface area contributed by atoms with Crippen molar-refractivity contribution in [3.8, 4) is 0 Å². The smallest absolute Gasteiger partial charge is 0.123 e. The average Bonchev–Trinajstić information content (AvgIpc) is 2.24. The number of halogens is 1. The second kappa shape index (κ2) is 10.2. The van der Waals surface area contributed by atoms with Crippen LogP contribution < -0.4 is 0 Å². The molecule has 1 aromatic carbocycles. The molecule has 1 heteroatoms. The monoisotopic (exact) mass is 198 g/mol. The molecule has 1 rings (SSSR count). The van der Waals surface area contributed by atoms with E-state index in [-0.39, 0.29) is 5.82 Å². The fourth-order valence-electron chi connectivity index (χ4n) is 1.06. The third-order valence-electron chi connectivity index (χ3n) is 1.69. The van der Waals surface area contributed by atoms with Crippen molar-refractivity contribution in [2.24, 2.45) is 0 Å². The summed E-state index contributed by atoms with van der Waals surface area (Å²) in [5.41, 5.74) is 2.27. The van der Waals surface area contributed by atoms with E-state index in [0.717, 1.165) is 12.0 Å². The third kappa shape index (κ3) is 5.74. The maximum absolute atomic E-state index is 12.5. The fraction of sp³-hybridized carbons (Fsp3) is 0.538. The van der Waals surface area contributed by atoms with Crippen molar-refractivity contribution in [1.82, 2.24) is 0 Å². The van der Waals surface area contributed by atoms with E-state index in [1.807, 2.05) is 40.7 Å². The lowest BCUT2D eigenvalue weighted by atomic mass is 10.1. The first-order valence-electron chi connectivity index (χ1n) is 5.49. The quantitative estimate of drug-likeness (QED) is 0.611. The van der Waals surface area contributed by atoms with E-state index in [0.29, 0.717) is 0 Å². The molecule has 0 spiro atoms. The van der Waals surface area contributed by atoms with Crippen molar-refractivity contribution >= 4 is 0 Å². The fourth-order valence-corrected chi connectivity index (χ4v) is 1.06. The summed E-state index contributed by atoms with van der Waals surface area (Å²) >= 11 is 0. The van der Waals surface area contributed by atoms with Crippen LogP contribution in [0.2, 0.25) is 0 Å². The zero-order chi connectivity index (χ0) is 11.6. The van der Waals surface area contributed by atoms with Gasteiger partial charge in [0.2, 0.25) is 0 Å². The van der Waals surface area contributed by atoms with Crippen molar-refractivity contribution < 1.29 is 4.39 Å². The summed E-state index contributed by atoms with van der Waals surface area (Å²) in [6.07, 6.45) is 0.978. The Kier molecular flexibility index (Phi) is 11.4. The molecule has 0 aromatic heterocycles. The Balaban J connectivity index is 0. The van der Waals surface area contributed by atoms with Gasteiger partial charge < -0.3 is 0 Å². The van der Waals surface area contributed by atoms with Gasteiger partial charge >= 0.3 is 0 Å². The van der Waals surface area contributed by atoms with E-state index in [1.54, 1.807) is 6.07 Å². The molecule has 0 atom stereocenters. The number of hydrogen-bond acceptors (Lipinski definition) is 0. The zero-order valence-corrected chi connectivity index (χ0v) is 10.3. The van der Waals surface area contributed by atoms with Crippen LogP contribution in [0.4, 0.5) is 4.39 Å². The summed E-state index contributed by atoms with van der Waals surface area (Å²) in [4.78, 5) is 0. The second-order valence-electron chi connectivity index (χ2n) is 2.42. The van der Waals surface area contributed by atoms with Crippen LogP contribution in [-0.4, -0.2) is 0 Å². The highest BCUT2D eigenvalue weighted by atomic mass is 19.1. The van der Waals surface area contributed by atoms with E-state index >= 15 is 0 Å². The molecule has 0 radical (unpaired) electrons. The number of aryl methyl sites for hydroxylation is 2. The Morgan fingerprint density at radius 3 is 1.93 bits per heavy atom. The Morgan fingerprint density at radius 1 is 1.07 bits per heavy atom. The Labute approximate surface area is 88.2 Å². The molecule has 0 aliphatic carbocycles. The lowest BCUT2D eigenvalue weighted by molar-refractivity contribution is 0.625. The van der Waals surface area contributed by atoms with Crippen molar-refractivity contribution in [2.45, 2.75) is 48.0 Å². The Hall–Kier alpha value is -0.850. The van der Waals surface area contributed by atoms with Gasteiger partial charge in [-0.2, -0.15) is 0 Å². The molecule has 0 bridgehead atoms. The maximum Gasteiger partial charge on any atom is 0.123 e. The summed E-state index contributed by atoms with van der Waals surface area (Å²) in [7, 11) is 0. The van der Waals surface area contributed by atoms with Crippen LogP contribution >= 0.6 is 0 Å².